The van der Waals surface area contributed by atoms with Gasteiger partial charge < -0.3 is 30.3 Å². The molecule has 2 aromatic rings. The molecule has 1 unspecified atom stereocenters. The van der Waals surface area contributed by atoms with Crippen molar-refractivity contribution >= 4 is 35.5 Å². The van der Waals surface area contributed by atoms with Crippen LogP contribution in [-0.2, 0) is 0 Å². The number of carbonyl (C=O) groups excluding carboxylic acids is 2. The van der Waals surface area contributed by atoms with Gasteiger partial charge in [0.05, 0.1) is 18.5 Å². The third-order valence-electron chi connectivity index (χ3n) is 5.70. The average molecular weight is 516 g/mol. The number of nitrogens with zero attached hydrogens (tertiary/aromatic N) is 5. The Morgan fingerprint density at radius 3 is 2.54 bits per heavy atom. The van der Waals surface area contributed by atoms with Crippen molar-refractivity contribution in [3.05, 3.63) is 35.5 Å². The minimum absolute atomic E-state index is 0.0427. The van der Waals surface area contributed by atoms with Crippen LogP contribution in [-0.4, -0.2) is 87.0 Å². The van der Waals surface area contributed by atoms with E-state index in [0.29, 0.717) is 30.1 Å². The zero-order valence-electron chi connectivity index (χ0n) is 20.3. The van der Waals surface area contributed by atoms with E-state index in [9.17, 15) is 24.9 Å². The summed E-state index contributed by atoms with van der Waals surface area (Å²) in [6.45, 7) is 1.24. The van der Waals surface area contributed by atoms with Crippen LogP contribution >= 0.6 is 0 Å². The third-order valence-corrected chi connectivity index (χ3v) is 5.70. The molecule has 0 spiro atoms. The van der Waals surface area contributed by atoms with Crippen LogP contribution in [0.4, 0.5) is 22.0 Å². The molecule has 37 heavy (non-hydrogen) atoms. The molecule has 3 heterocycles. The van der Waals surface area contributed by atoms with E-state index in [1.165, 1.54) is 13.2 Å². The van der Waals surface area contributed by atoms with Gasteiger partial charge in [0.15, 0.2) is 11.5 Å². The Labute approximate surface area is 212 Å². The summed E-state index contributed by atoms with van der Waals surface area (Å²) in [6, 6.07) is 6.27. The fraction of sp³-hybridized carbons (Fsp3) is 0.409. The largest absolute Gasteiger partial charge is 0.494 e. The lowest BCUT2D eigenvalue weighted by Gasteiger charge is -2.26. The van der Waals surface area contributed by atoms with Gasteiger partial charge in [-0.15, -0.1) is 10.2 Å². The summed E-state index contributed by atoms with van der Waals surface area (Å²) in [7, 11) is 3.28. The van der Waals surface area contributed by atoms with E-state index in [2.05, 4.69) is 31.2 Å². The summed E-state index contributed by atoms with van der Waals surface area (Å²) in [5.41, 5.74) is 3.91. The number of para-hydroxylation sites is 1. The van der Waals surface area contributed by atoms with E-state index >= 15 is 0 Å². The van der Waals surface area contributed by atoms with Crippen molar-refractivity contribution in [3.63, 3.8) is 0 Å². The number of piperidine rings is 1. The second-order valence-electron chi connectivity index (χ2n) is 8.52. The summed E-state index contributed by atoms with van der Waals surface area (Å²) in [5.74, 6) is -0.678. The molecule has 4 rings (SSSR count). The van der Waals surface area contributed by atoms with E-state index < -0.39 is 18.2 Å². The predicted octanol–water partition coefficient (Wildman–Crippen LogP) is 0.0415. The fourth-order valence-corrected chi connectivity index (χ4v) is 4.03. The lowest BCUT2D eigenvalue weighted by atomic mass is 10.1. The number of amides is 3. The van der Waals surface area contributed by atoms with E-state index in [1.807, 2.05) is 6.07 Å². The number of hydrazine groups is 1. The Hall–Kier alpha value is -4.05. The van der Waals surface area contributed by atoms with Crippen molar-refractivity contribution in [2.45, 2.75) is 31.5 Å². The van der Waals surface area contributed by atoms with Crippen molar-refractivity contribution in [1.82, 2.24) is 30.8 Å². The first-order chi connectivity index (χ1) is 17.6. The van der Waals surface area contributed by atoms with Crippen LogP contribution in [0.3, 0.4) is 0 Å². The normalized spacial score (nSPS) is 17.5. The number of likely N-dealkylation sites (tertiary alicyclic amines) is 1. The average Bonchev–Trinajstić information content (AvgIpc) is 3.29. The third kappa shape index (κ3) is 6.39. The van der Waals surface area contributed by atoms with Crippen LogP contribution in [0.5, 0.6) is 5.75 Å². The van der Waals surface area contributed by atoms with Gasteiger partial charge in [0.1, 0.15) is 18.3 Å². The molecule has 1 saturated heterocycles. The lowest BCUT2D eigenvalue weighted by molar-refractivity contribution is -0.323. The fourth-order valence-electron chi connectivity index (χ4n) is 4.03. The molecule has 15 heteroatoms. The number of aliphatic imine (C=N–C) groups is 1. The number of carbonyl (C=O) groups is 2. The molecular weight excluding hydrogens is 486 g/mol. The van der Waals surface area contributed by atoms with Gasteiger partial charge in [0.2, 0.25) is 0 Å². The lowest BCUT2D eigenvalue weighted by Crippen LogP contribution is -2.48. The number of anilines is 3. The summed E-state index contributed by atoms with van der Waals surface area (Å²) >= 11 is 0. The van der Waals surface area contributed by atoms with E-state index in [0.717, 1.165) is 19.3 Å². The minimum atomic E-state index is -3.48. The van der Waals surface area contributed by atoms with Crippen molar-refractivity contribution in [2.75, 3.05) is 37.9 Å². The first-order valence-electron chi connectivity index (χ1n) is 11.5. The highest BCUT2D eigenvalue weighted by atomic mass is 16.7. The number of hydrogen-bond donors (Lipinski definition) is 7. The quantitative estimate of drug-likeness (QED) is 0.246. The maximum Gasteiger partial charge on any atom is 0.369 e. The Morgan fingerprint density at radius 2 is 1.89 bits per heavy atom. The first kappa shape index (κ1) is 26.0. The highest BCUT2D eigenvalue weighted by Crippen LogP contribution is 2.36. The van der Waals surface area contributed by atoms with E-state index in [-0.39, 0.29) is 23.2 Å². The Bertz CT molecular complexity index is 1180. The Balaban J connectivity index is 1.66. The molecule has 2 aliphatic rings. The number of hydrogen-bond acceptors (Lipinski definition) is 12. The molecule has 2 aliphatic heterocycles. The van der Waals surface area contributed by atoms with Crippen molar-refractivity contribution in [1.29, 1.82) is 0 Å². The molecule has 1 aromatic heterocycles. The molecule has 1 atom stereocenters. The summed E-state index contributed by atoms with van der Waals surface area (Å²) in [5, 5.41) is 44.4. The number of aromatic nitrogens is 2. The Morgan fingerprint density at radius 1 is 1.14 bits per heavy atom. The number of aliphatic hydroxyl groups is 3. The monoisotopic (exact) mass is 515 g/mol. The number of rotatable bonds is 7. The second-order valence-corrected chi connectivity index (χ2v) is 8.52. The second kappa shape index (κ2) is 10.9. The van der Waals surface area contributed by atoms with Gasteiger partial charge in [-0.1, -0.05) is 12.1 Å². The highest BCUT2D eigenvalue weighted by molar-refractivity contribution is 5.99. The smallest absolute Gasteiger partial charge is 0.369 e. The molecule has 3 amide bonds. The van der Waals surface area contributed by atoms with Crippen LogP contribution in [0.2, 0.25) is 0 Å². The SMILES string of the molecule is COc1c(Nc2cc(NC(=O)N3CCCCC3)nnc2C(=O)NC(O)(O)O)cccc1C1N=CN(C)N1. The minimum Gasteiger partial charge on any atom is -0.494 e. The van der Waals surface area contributed by atoms with Crippen LogP contribution in [0, 0.1) is 0 Å². The molecule has 1 aromatic carbocycles. The number of benzene rings is 1. The van der Waals surface area contributed by atoms with E-state index in [1.54, 1.807) is 40.7 Å². The van der Waals surface area contributed by atoms with Gasteiger partial charge in [-0.05, 0) is 25.3 Å². The molecule has 15 nitrogen and oxygen atoms in total. The topological polar surface area (TPSA) is 197 Å². The molecule has 0 radical (unpaired) electrons. The number of nitrogens with one attached hydrogen (secondary N) is 4. The Kier molecular flexibility index (Phi) is 7.68. The molecule has 198 valence electrons. The number of urea groups is 1. The molecule has 1 fully saturated rings. The first-order valence-corrected chi connectivity index (χ1v) is 11.5. The predicted molar refractivity (Wildman–Crippen MR) is 132 cm³/mol. The molecular formula is C22H29N9O6. The zero-order valence-corrected chi connectivity index (χ0v) is 20.3. The maximum absolute atomic E-state index is 12.7. The van der Waals surface area contributed by atoms with Crippen molar-refractivity contribution < 1.29 is 29.6 Å². The maximum atomic E-state index is 12.7. The van der Waals surface area contributed by atoms with Gasteiger partial charge in [-0.3, -0.25) is 20.4 Å². The summed E-state index contributed by atoms with van der Waals surface area (Å²) in [6.07, 6.45) is 0.597. The zero-order chi connectivity index (χ0) is 26.6. The highest BCUT2D eigenvalue weighted by Gasteiger charge is 2.27. The summed E-state index contributed by atoms with van der Waals surface area (Å²) < 4.78 is 5.62. The van der Waals surface area contributed by atoms with Gasteiger partial charge >= 0.3 is 12.1 Å². The van der Waals surface area contributed by atoms with Gasteiger partial charge in [0, 0.05) is 31.8 Å². The van der Waals surface area contributed by atoms with E-state index in [4.69, 9.17) is 4.74 Å². The van der Waals surface area contributed by atoms with Crippen molar-refractivity contribution in [3.8, 4) is 5.75 Å². The van der Waals surface area contributed by atoms with Crippen LogP contribution in [0.1, 0.15) is 41.5 Å². The van der Waals surface area contributed by atoms with Crippen LogP contribution < -0.4 is 26.1 Å². The molecule has 0 bridgehead atoms. The standard InChI is InChI=1S/C22H29N9O6/c1-30-12-23-19(29-30)13-7-6-8-14(18(13)37-2)24-15-11-16(25-21(33)31-9-4-3-5-10-31)27-28-17(15)20(32)26-22(34,35)36/h6-8,11-12,19,29,34-36H,3-5,9-10H2,1-2H3,(H,26,32)(H2,24,25,27,33). The van der Waals surface area contributed by atoms with Gasteiger partial charge in [0.25, 0.3) is 5.91 Å². The van der Waals surface area contributed by atoms with Gasteiger partial charge in [-0.2, -0.15) is 0 Å². The van der Waals surface area contributed by atoms with Crippen LogP contribution in [0.25, 0.3) is 0 Å². The number of ether oxygens (including phenoxy) is 1. The molecule has 7 N–H and O–H groups in total. The van der Waals surface area contributed by atoms with Crippen LogP contribution in [0.15, 0.2) is 29.3 Å². The van der Waals surface area contributed by atoms with Crippen molar-refractivity contribution in [2.24, 2.45) is 4.99 Å². The molecule has 0 saturated carbocycles. The number of methoxy groups -OCH3 is 1. The molecule has 0 aliphatic carbocycles. The van der Waals surface area contributed by atoms with Gasteiger partial charge in [-0.25, -0.2) is 15.2 Å². The summed E-state index contributed by atoms with van der Waals surface area (Å²) in [4.78, 5) is 31.3.